The fourth-order valence-corrected chi connectivity index (χ4v) is 3.62. The van der Waals surface area contributed by atoms with Gasteiger partial charge >= 0.3 is 0 Å². The largest absolute Gasteiger partial charge is 0.337 e. The molecular formula is C24H21ClN4O2. The quantitative estimate of drug-likeness (QED) is 0.429. The molecule has 0 atom stereocenters. The molecule has 0 aliphatic heterocycles. The topological polar surface area (TPSA) is 85.2 Å². The number of carbonyl (C=O) groups excluding carboxylic acids is 1. The van der Waals surface area contributed by atoms with Gasteiger partial charge in [-0.3, -0.25) is 9.78 Å². The number of aromatic nitrogens is 2. The summed E-state index contributed by atoms with van der Waals surface area (Å²) in [5.41, 5.74) is 10.3. The Morgan fingerprint density at radius 2 is 1.84 bits per heavy atom. The number of hydrogen-bond acceptors (Lipinski definition) is 5. The fraction of sp³-hybridized carbons (Fsp3) is 0.125. The lowest BCUT2D eigenvalue weighted by molar-refractivity contribution is -0.117. The monoisotopic (exact) mass is 432 g/mol. The van der Waals surface area contributed by atoms with Gasteiger partial charge in [0.1, 0.15) is 5.69 Å². The maximum absolute atomic E-state index is 13.0. The summed E-state index contributed by atoms with van der Waals surface area (Å²) in [5.74, 6) is 0.140. The minimum atomic E-state index is -0.165. The van der Waals surface area contributed by atoms with E-state index < -0.39 is 0 Å². The van der Waals surface area contributed by atoms with Gasteiger partial charge in [0, 0.05) is 30.9 Å². The number of rotatable bonds is 6. The average molecular weight is 433 g/mol. The lowest BCUT2D eigenvalue weighted by atomic mass is 9.99. The van der Waals surface area contributed by atoms with Gasteiger partial charge in [-0.2, -0.15) is 0 Å². The molecule has 0 radical (unpaired) electrons. The molecule has 4 rings (SSSR count). The van der Waals surface area contributed by atoms with E-state index in [1.165, 1.54) is 4.90 Å². The molecule has 31 heavy (non-hydrogen) atoms. The Bertz CT molecular complexity index is 1210. The van der Waals surface area contributed by atoms with Crippen LogP contribution in [-0.4, -0.2) is 16.0 Å². The van der Waals surface area contributed by atoms with Crippen LogP contribution in [0, 0.1) is 0 Å². The molecule has 1 amide bonds. The van der Waals surface area contributed by atoms with E-state index >= 15 is 0 Å². The van der Waals surface area contributed by atoms with Crippen LogP contribution in [0.2, 0.25) is 5.02 Å². The number of para-hydroxylation sites is 1. The minimum absolute atomic E-state index is 0.165. The fourth-order valence-electron chi connectivity index (χ4n) is 3.40. The maximum atomic E-state index is 13.0. The molecular weight excluding hydrogens is 412 g/mol. The van der Waals surface area contributed by atoms with E-state index in [4.69, 9.17) is 21.9 Å². The van der Waals surface area contributed by atoms with Gasteiger partial charge in [0.15, 0.2) is 0 Å². The molecule has 2 heterocycles. The highest BCUT2D eigenvalue weighted by molar-refractivity contribution is 6.34. The summed E-state index contributed by atoms with van der Waals surface area (Å²) >= 11 is 6.45. The second-order valence-corrected chi connectivity index (χ2v) is 7.29. The van der Waals surface area contributed by atoms with Crippen LogP contribution >= 0.6 is 11.6 Å². The third kappa shape index (κ3) is 4.08. The molecule has 0 spiro atoms. The summed E-state index contributed by atoms with van der Waals surface area (Å²) in [6.45, 7) is 2.20. The molecule has 0 bridgehead atoms. The molecule has 0 unspecified atom stereocenters. The van der Waals surface area contributed by atoms with Crippen LogP contribution < -0.4 is 10.6 Å². The maximum Gasteiger partial charge on any atom is 0.247 e. The van der Waals surface area contributed by atoms with Gasteiger partial charge in [-0.25, -0.2) is 4.90 Å². The summed E-state index contributed by atoms with van der Waals surface area (Å²) in [5, 5.41) is 4.80. The van der Waals surface area contributed by atoms with Crippen LogP contribution in [0.5, 0.6) is 0 Å². The van der Waals surface area contributed by atoms with Crippen molar-refractivity contribution in [1.29, 1.82) is 0 Å². The number of amides is 1. The first-order valence-corrected chi connectivity index (χ1v) is 10.3. The Kier molecular flexibility index (Phi) is 6.11. The third-order valence-corrected chi connectivity index (χ3v) is 5.25. The number of pyridine rings is 1. The first-order valence-electron chi connectivity index (χ1n) is 9.91. The molecule has 0 aliphatic carbocycles. The summed E-state index contributed by atoms with van der Waals surface area (Å²) in [4.78, 5) is 18.6. The Morgan fingerprint density at radius 3 is 2.55 bits per heavy atom. The van der Waals surface area contributed by atoms with Gasteiger partial charge in [0.05, 0.1) is 16.3 Å². The molecule has 2 aromatic heterocycles. The van der Waals surface area contributed by atoms with Crippen molar-refractivity contribution >= 4 is 29.1 Å². The average Bonchev–Trinajstić information content (AvgIpc) is 3.25. The molecule has 0 fully saturated rings. The first-order chi connectivity index (χ1) is 15.1. The van der Waals surface area contributed by atoms with E-state index in [1.54, 1.807) is 31.5 Å². The van der Waals surface area contributed by atoms with E-state index in [9.17, 15) is 4.79 Å². The molecule has 6 nitrogen and oxygen atoms in total. The van der Waals surface area contributed by atoms with Crippen LogP contribution in [0.1, 0.15) is 18.9 Å². The van der Waals surface area contributed by atoms with E-state index in [1.807, 2.05) is 48.5 Å². The Morgan fingerprint density at radius 1 is 1.06 bits per heavy atom. The Labute approximate surface area is 185 Å². The highest BCUT2D eigenvalue weighted by Crippen LogP contribution is 2.43. The number of nitrogens with zero attached hydrogens (tertiary/aromatic N) is 3. The van der Waals surface area contributed by atoms with Crippen molar-refractivity contribution in [2.24, 2.45) is 5.73 Å². The SMILES string of the molecule is CCC(=O)N(c1ccccc1Cl)c1onc(-c2cccc(CN)c2)c1-c1ccncc1. The molecule has 0 aliphatic rings. The number of benzene rings is 2. The van der Waals surface area contributed by atoms with E-state index in [0.717, 1.165) is 16.7 Å². The van der Waals surface area contributed by atoms with E-state index in [-0.39, 0.29) is 12.3 Å². The zero-order valence-corrected chi connectivity index (χ0v) is 17.7. The van der Waals surface area contributed by atoms with Crippen molar-refractivity contribution in [2.75, 3.05) is 4.90 Å². The van der Waals surface area contributed by atoms with E-state index in [2.05, 4.69) is 10.1 Å². The lowest BCUT2D eigenvalue weighted by Gasteiger charge is -2.21. The van der Waals surface area contributed by atoms with Crippen molar-refractivity contribution < 1.29 is 9.32 Å². The van der Waals surface area contributed by atoms with Crippen LogP contribution in [0.15, 0.2) is 77.6 Å². The lowest BCUT2D eigenvalue weighted by Crippen LogP contribution is -2.25. The highest BCUT2D eigenvalue weighted by Gasteiger charge is 2.29. The highest BCUT2D eigenvalue weighted by atomic mass is 35.5. The summed E-state index contributed by atoms with van der Waals surface area (Å²) in [6, 6.07) is 18.6. The van der Waals surface area contributed by atoms with Gasteiger partial charge in [0.25, 0.3) is 0 Å². The molecule has 2 N–H and O–H groups in total. The van der Waals surface area contributed by atoms with Gasteiger partial charge in [0.2, 0.25) is 11.8 Å². The molecule has 2 aromatic carbocycles. The predicted molar refractivity (Wildman–Crippen MR) is 122 cm³/mol. The zero-order chi connectivity index (χ0) is 21.8. The molecule has 7 heteroatoms. The van der Waals surface area contributed by atoms with Crippen molar-refractivity contribution in [3.63, 3.8) is 0 Å². The van der Waals surface area contributed by atoms with Gasteiger partial charge in [-0.05, 0) is 41.5 Å². The standard InChI is InChI=1S/C24H21ClN4O2/c1-2-21(30)29(20-9-4-3-8-19(20)25)24-22(17-10-12-27-13-11-17)23(28-31-24)18-7-5-6-16(14-18)15-26/h3-14H,2,15,26H2,1H3. The summed E-state index contributed by atoms with van der Waals surface area (Å²) in [7, 11) is 0. The number of carbonyl (C=O) groups is 1. The second kappa shape index (κ2) is 9.12. The van der Waals surface area contributed by atoms with Crippen molar-refractivity contribution in [3.05, 3.63) is 83.6 Å². The van der Waals surface area contributed by atoms with Crippen LogP contribution in [0.4, 0.5) is 11.6 Å². The number of anilines is 2. The zero-order valence-electron chi connectivity index (χ0n) is 17.0. The minimum Gasteiger partial charge on any atom is -0.337 e. The van der Waals surface area contributed by atoms with Crippen molar-refractivity contribution in [2.45, 2.75) is 19.9 Å². The third-order valence-electron chi connectivity index (χ3n) is 4.93. The Balaban J connectivity index is 1.98. The summed E-state index contributed by atoms with van der Waals surface area (Å²) in [6.07, 6.45) is 3.64. The van der Waals surface area contributed by atoms with Gasteiger partial charge in [-0.1, -0.05) is 54.0 Å². The van der Waals surface area contributed by atoms with Crippen LogP contribution in [-0.2, 0) is 11.3 Å². The first kappa shape index (κ1) is 20.8. The number of hydrogen-bond donors (Lipinski definition) is 1. The normalized spacial score (nSPS) is 10.8. The van der Waals surface area contributed by atoms with Crippen molar-refractivity contribution in [1.82, 2.24) is 10.1 Å². The van der Waals surface area contributed by atoms with E-state index in [0.29, 0.717) is 34.4 Å². The van der Waals surface area contributed by atoms with Gasteiger partial charge < -0.3 is 10.3 Å². The smallest absolute Gasteiger partial charge is 0.247 e. The molecule has 0 saturated carbocycles. The van der Waals surface area contributed by atoms with Crippen LogP contribution in [0.3, 0.4) is 0 Å². The molecule has 0 saturated heterocycles. The second-order valence-electron chi connectivity index (χ2n) is 6.89. The number of halogens is 1. The molecule has 156 valence electrons. The predicted octanol–water partition coefficient (Wildman–Crippen LogP) is 5.59. The number of nitrogens with two attached hydrogens (primary N) is 1. The van der Waals surface area contributed by atoms with Crippen molar-refractivity contribution in [3.8, 4) is 22.4 Å². The summed E-state index contributed by atoms with van der Waals surface area (Å²) < 4.78 is 5.82. The molecule has 4 aromatic rings. The van der Waals surface area contributed by atoms with Crippen LogP contribution in [0.25, 0.3) is 22.4 Å². The Hall–Kier alpha value is -3.48. The van der Waals surface area contributed by atoms with Gasteiger partial charge in [-0.15, -0.1) is 0 Å².